The minimum Gasteiger partial charge on any atom is -0.453 e. The molecule has 1 aromatic carbocycles. The van der Waals surface area contributed by atoms with Gasteiger partial charge in [-0.3, -0.25) is 4.79 Å². The lowest BCUT2D eigenvalue weighted by molar-refractivity contribution is -0.137. The van der Waals surface area contributed by atoms with Crippen molar-refractivity contribution in [2.24, 2.45) is 0 Å². The predicted octanol–water partition coefficient (Wildman–Crippen LogP) is 3.69. The highest BCUT2D eigenvalue weighted by Crippen LogP contribution is 2.17. The number of anilines is 1. The molecule has 0 radical (unpaired) electrons. The molecular weight excluding hydrogens is 366 g/mol. The van der Waals surface area contributed by atoms with Crippen LogP contribution in [-0.2, 0) is 16.1 Å². The standard InChI is InChI=1S/C23H25N3O3/c1-6-11-26-16(2)12-21(17(26)3)22(27)15-29-23(28)19(14-24)13-18-7-9-20(10-8-18)25(4)5/h6-10,12-13H,1,11,15H2,2-5H3/b19-13+. The SMILES string of the molecule is C=CCn1c(C)cc(C(=O)COC(=O)/C(C#N)=C/c2ccc(N(C)C)cc2)c1C. The van der Waals surface area contributed by atoms with Crippen LogP contribution in [0.15, 0.2) is 48.6 Å². The molecule has 0 aliphatic carbocycles. The van der Waals surface area contributed by atoms with Crippen molar-refractivity contribution in [2.75, 3.05) is 25.6 Å². The van der Waals surface area contributed by atoms with Gasteiger partial charge >= 0.3 is 5.97 Å². The topological polar surface area (TPSA) is 75.3 Å². The fraction of sp³-hybridized carbons (Fsp3) is 0.261. The summed E-state index contributed by atoms with van der Waals surface area (Å²) in [5.41, 5.74) is 3.76. The number of esters is 1. The molecule has 0 spiro atoms. The van der Waals surface area contributed by atoms with E-state index in [1.54, 1.807) is 24.3 Å². The van der Waals surface area contributed by atoms with Crippen LogP contribution in [-0.4, -0.2) is 37.0 Å². The van der Waals surface area contributed by atoms with Gasteiger partial charge in [0.2, 0.25) is 5.78 Å². The number of carbonyl (C=O) groups is 2. The predicted molar refractivity (Wildman–Crippen MR) is 114 cm³/mol. The van der Waals surface area contributed by atoms with Crippen LogP contribution >= 0.6 is 0 Å². The number of Topliss-reactive ketones (excluding diaryl/α,β-unsaturated/α-hetero) is 1. The Morgan fingerprint density at radius 2 is 1.90 bits per heavy atom. The largest absolute Gasteiger partial charge is 0.453 e. The summed E-state index contributed by atoms with van der Waals surface area (Å²) in [7, 11) is 3.85. The molecule has 0 N–H and O–H groups in total. The Balaban J connectivity index is 2.08. The summed E-state index contributed by atoms with van der Waals surface area (Å²) in [4.78, 5) is 26.7. The average Bonchev–Trinajstić information content (AvgIpc) is 2.99. The van der Waals surface area contributed by atoms with Crippen LogP contribution in [0.2, 0.25) is 0 Å². The smallest absolute Gasteiger partial charge is 0.349 e. The van der Waals surface area contributed by atoms with Crippen LogP contribution in [0, 0.1) is 25.2 Å². The Hall–Kier alpha value is -3.59. The molecule has 0 saturated heterocycles. The zero-order chi connectivity index (χ0) is 21.6. The molecule has 1 heterocycles. The summed E-state index contributed by atoms with van der Waals surface area (Å²) in [6.07, 6.45) is 3.20. The second-order valence-corrected chi connectivity index (χ2v) is 6.84. The summed E-state index contributed by atoms with van der Waals surface area (Å²) in [6.45, 7) is 7.63. The van der Waals surface area contributed by atoms with E-state index in [0.29, 0.717) is 17.7 Å². The maximum absolute atomic E-state index is 12.5. The third-order valence-corrected chi connectivity index (χ3v) is 4.58. The first-order valence-corrected chi connectivity index (χ1v) is 9.15. The number of aromatic nitrogens is 1. The molecule has 0 fully saturated rings. The molecule has 0 aliphatic heterocycles. The van der Waals surface area contributed by atoms with Crippen molar-refractivity contribution < 1.29 is 14.3 Å². The van der Waals surface area contributed by atoms with E-state index < -0.39 is 12.6 Å². The molecule has 1 aromatic heterocycles. The van der Waals surface area contributed by atoms with Gasteiger partial charge in [-0.2, -0.15) is 5.26 Å². The highest BCUT2D eigenvalue weighted by atomic mass is 16.5. The Morgan fingerprint density at radius 3 is 2.45 bits per heavy atom. The number of ether oxygens (including phenoxy) is 1. The van der Waals surface area contributed by atoms with Crippen molar-refractivity contribution in [3.8, 4) is 6.07 Å². The number of nitriles is 1. The lowest BCUT2D eigenvalue weighted by atomic mass is 10.1. The van der Waals surface area contributed by atoms with Crippen LogP contribution < -0.4 is 4.90 Å². The maximum atomic E-state index is 12.5. The number of hydrogen-bond acceptors (Lipinski definition) is 5. The van der Waals surface area contributed by atoms with Gasteiger partial charge < -0.3 is 14.2 Å². The van der Waals surface area contributed by atoms with Crippen molar-refractivity contribution in [2.45, 2.75) is 20.4 Å². The molecule has 150 valence electrons. The van der Waals surface area contributed by atoms with E-state index in [0.717, 1.165) is 17.1 Å². The number of nitrogens with zero attached hydrogens (tertiary/aromatic N) is 3. The van der Waals surface area contributed by atoms with Gasteiger partial charge in [-0.15, -0.1) is 6.58 Å². The van der Waals surface area contributed by atoms with E-state index >= 15 is 0 Å². The van der Waals surface area contributed by atoms with E-state index in [1.165, 1.54) is 6.08 Å². The first kappa shape index (κ1) is 21.7. The summed E-state index contributed by atoms with van der Waals surface area (Å²) < 4.78 is 7.05. The van der Waals surface area contributed by atoms with E-state index in [-0.39, 0.29) is 11.4 Å². The lowest BCUT2D eigenvalue weighted by Gasteiger charge is -2.11. The van der Waals surface area contributed by atoms with E-state index in [4.69, 9.17) is 4.74 Å². The number of rotatable bonds is 8. The van der Waals surface area contributed by atoms with Crippen LogP contribution in [0.5, 0.6) is 0 Å². The van der Waals surface area contributed by atoms with Crippen molar-refractivity contribution in [3.63, 3.8) is 0 Å². The van der Waals surface area contributed by atoms with Gasteiger partial charge in [-0.25, -0.2) is 4.79 Å². The van der Waals surface area contributed by atoms with E-state index in [9.17, 15) is 14.9 Å². The molecule has 0 saturated carbocycles. The Morgan fingerprint density at radius 1 is 1.24 bits per heavy atom. The summed E-state index contributed by atoms with van der Waals surface area (Å²) in [5.74, 6) is -1.13. The number of allylic oxidation sites excluding steroid dienone is 1. The number of ketones is 1. The normalized spacial score (nSPS) is 10.9. The fourth-order valence-corrected chi connectivity index (χ4v) is 2.95. The zero-order valence-corrected chi connectivity index (χ0v) is 17.2. The molecule has 0 bridgehead atoms. The van der Waals surface area contributed by atoms with Crippen LogP contribution in [0.3, 0.4) is 0 Å². The quantitative estimate of drug-likeness (QED) is 0.226. The van der Waals surface area contributed by atoms with Crippen molar-refractivity contribution in [1.82, 2.24) is 4.57 Å². The lowest BCUT2D eigenvalue weighted by Crippen LogP contribution is -2.16. The van der Waals surface area contributed by atoms with Crippen molar-refractivity contribution in [1.29, 1.82) is 5.26 Å². The van der Waals surface area contributed by atoms with Gasteiger partial charge in [0.05, 0.1) is 0 Å². The van der Waals surface area contributed by atoms with Crippen LogP contribution in [0.25, 0.3) is 6.08 Å². The van der Waals surface area contributed by atoms with E-state index in [2.05, 4.69) is 6.58 Å². The Labute approximate surface area is 171 Å². The molecule has 0 atom stereocenters. The van der Waals surface area contributed by atoms with Crippen LogP contribution in [0.1, 0.15) is 27.3 Å². The van der Waals surface area contributed by atoms with Crippen molar-refractivity contribution in [3.05, 3.63) is 71.1 Å². The van der Waals surface area contributed by atoms with Gasteiger partial charge in [-0.1, -0.05) is 18.2 Å². The highest BCUT2D eigenvalue weighted by molar-refractivity contribution is 6.02. The van der Waals surface area contributed by atoms with Gasteiger partial charge in [0.15, 0.2) is 6.61 Å². The molecular formula is C23H25N3O3. The first-order chi connectivity index (χ1) is 13.8. The molecule has 6 heteroatoms. The summed E-state index contributed by atoms with van der Waals surface area (Å²) in [6, 6.07) is 11.0. The monoisotopic (exact) mass is 391 g/mol. The molecule has 0 unspecified atom stereocenters. The maximum Gasteiger partial charge on any atom is 0.349 e. The second kappa shape index (κ2) is 9.56. The highest BCUT2D eigenvalue weighted by Gasteiger charge is 2.18. The van der Waals surface area contributed by atoms with Crippen LogP contribution in [0.4, 0.5) is 5.69 Å². The Kier molecular flexibility index (Phi) is 7.15. The third kappa shape index (κ3) is 5.23. The first-order valence-electron chi connectivity index (χ1n) is 9.15. The minimum absolute atomic E-state index is 0.160. The third-order valence-electron chi connectivity index (χ3n) is 4.58. The van der Waals surface area contributed by atoms with Crippen molar-refractivity contribution >= 4 is 23.5 Å². The van der Waals surface area contributed by atoms with Gasteiger partial charge in [0.25, 0.3) is 0 Å². The summed E-state index contributed by atoms with van der Waals surface area (Å²) >= 11 is 0. The molecule has 2 rings (SSSR count). The molecule has 2 aromatic rings. The van der Waals surface area contributed by atoms with Gasteiger partial charge in [0.1, 0.15) is 11.6 Å². The average molecular weight is 391 g/mol. The molecule has 0 aliphatic rings. The van der Waals surface area contributed by atoms with Gasteiger partial charge in [0, 0.05) is 43.3 Å². The minimum atomic E-state index is -0.822. The number of aryl methyl sites for hydroxylation is 1. The summed E-state index contributed by atoms with van der Waals surface area (Å²) in [5, 5.41) is 9.30. The van der Waals surface area contributed by atoms with E-state index in [1.807, 2.05) is 55.6 Å². The molecule has 6 nitrogen and oxygen atoms in total. The molecule has 29 heavy (non-hydrogen) atoms. The zero-order valence-electron chi connectivity index (χ0n) is 17.2. The fourth-order valence-electron chi connectivity index (χ4n) is 2.95. The second-order valence-electron chi connectivity index (χ2n) is 6.84. The molecule has 0 amide bonds. The number of hydrogen-bond donors (Lipinski definition) is 0. The number of benzene rings is 1. The van der Waals surface area contributed by atoms with Gasteiger partial charge in [-0.05, 0) is 43.7 Å². The number of carbonyl (C=O) groups excluding carboxylic acids is 2. The Bertz CT molecular complexity index is 990.